The van der Waals surface area contributed by atoms with E-state index in [0.29, 0.717) is 19.0 Å². The maximum atomic E-state index is 11.9. The molecule has 1 aliphatic heterocycles. The monoisotopic (exact) mass is 199 g/mol. The van der Waals surface area contributed by atoms with E-state index in [1.165, 1.54) is 0 Å². The third-order valence-corrected chi connectivity index (χ3v) is 2.88. The Labute approximate surface area is 86.1 Å². The van der Waals surface area contributed by atoms with Gasteiger partial charge in [-0.1, -0.05) is 13.8 Å². The first-order chi connectivity index (χ1) is 6.43. The molecule has 0 amide bonds. The molecule has 0 aromatic heterocycles. The molecule has 1 rings (SSSR count). The van der Waals surface area contributed by atoms with Crippen LogP contribution in [0.1, 0.15) is 34.1 Å². The first-order valence-electron chi connectivity index (χ1n) is 5.41. The van der Waals surface area contributed by atoms with Gasteiger partial charge in [-0.2, -0.15) is 0 Å². The van der Waals surface area contributed by atoms with Crippen molar-refractivity contribution in [1.29, 1.82) is 0 Å². The van der Waals surface area contributed by atoms with Gasteiger partial charge in [0.2, 0.25) is 0 Å². The Morgan fingerprint density at radius 1 is 1.36 bits per heavy atom. The van der Waals surface area contributed by atoms with E-state index in [9.17, 15) is 9.90 Å². The predicted octanol–water partition coefficient (Wildman–Crippen LogP) is 1.06. The van der Waals surface area contributed by atoms with E-state index in [2.05, 4.69) is 18.7 Å². The Morgan fingerprint density at radius 3 is 2.36 bits per heavy atom. The fourth-order valence-corrected chi connectivity index (χ4v) is 2.07. The fourth-order valence-electron chi connectivity index (χ4n) is 2.07. The molecule has 0 bridgehead atoms. The van der Waals surface area contributed by atoms with Gasteiger partial charge in [0.15, 0.2) is 5.78 Å². The third kappa shape index (κ3) is 2.34. The number of hydrogen-bond acceptors (Lipinski definition) is 3. The zero-order valence-electron chi connectivity index (χ0n) is 9.53. The summed E-state index contributed by atoms with van der Waals surface area (Å²) < 4.78 is 0. The van der Waals surface area contributed by atoms with Crippen LogP contribution in [-0.2, 0) is 4.79 Å². The predicted molar refractivity (Wildman–Crippen MR) is 56.1 cm³/mol. The van der Waals surface area contributed by atoms with E-state index < -0.39 is 0 Å². The Hall–Kier alpha value is -0.410. The Balaban J connectivity index is 2.71. The molecule has 82 valence electrons. The molecule has 0 aromatic carbocycles. The van der Waals surface area contributed by atoms with Crippen LogP contribution < -0.4 is 0 Å². The van der Waals surface area contributed by atoms with E-state index in [0.717, 1.165) is 0 Å². The number of Topliss-reactive ketones (excluding diaryl/α,β-unsaturated/α-hetero) is 1. The molecule has 1 saturated heterocycles. The lowest BCUT2D eigenvalue weighted by Crippen LogP contribution is -2.42. The Kier molecular flexibility index (Phi) is 3.67. The van der Waals surface area contributed by atoms with Gasteiger partial charge in [0.05, 0.1) is 12.1 Å². The van der Waals surface area contributed by atoms with Gasteiger partial charge >= 0.3 is 0 Å². The molecule has 1 N–H and O–H groups in total. The average molecular weight is 199 g/mol. The van der Waals surface area contributed by atoms with E-state index in [4.69, 9.17) is 0 Å². The molecule has 2 unspecified atom stereocenters. The number of aliphatic hydroxyl groups is 1. The van der Waals surface area contributed by atoms with Crippen LogP contribution in [0.5, 0.6) is 0 Å². The quantitative estimate of drug-likeness (QED) is 0.738. The van der Waals surface area contributed by atoms with Crippen molar-refractivity contribution < 1.29 is 9.90 Å². The van der Waals surface area contributed by atoms with Crippen LogP contribution in [0.25, 0.3) is 0 Å². The first kappa shape index (κ1) is 11.7. The SMILES string of the molecule is CC(C)C(=O)C1CC(O)CN1C(C)C. The van der Waals surface area contributed by atoms with Gasteiger partial charge < -0.3 is 5.11 Å². The number of hydrogen-bond donors (Lipinski definition) is 1. The summed E-state index contributed by atoms with van der Waals surface area (Å²) in [4.78, 5) is 14.0. The molecule has 3 nitrogen and oxygen atoms in total. The number of carbonyl (C=O) groups excluding carboxylic acids is 1. The molecule has 0 radical (unpaired) electrons. The van der Waals surface area contributed by atoms with Crippen LogP contribution in [0, 0.1) is 5.92 Å². The molecule has 1 aliphatic rings. The number of carbonyl (C=O) groups is 1. The number of β-amino-alcohol motifs (C(OH)–C–C–N with tert-alkyl or cyclic N) is 1. The topological polar surface area (TPSA) is 40.5 Å². The Bertz CT molecular complexity index is 213. The molecule has 14 heavy (non-hydrogen) atoms. The normalized spacial score (nSPS) is 29.1. The molecular formula is C11H21NO2. The average Bonchev–Trinajstić information content (AvgIpc) is 2.45. The van der Waals surface area contributed by atoms with Crippen molar-refractivity contribution in [2.75, 3.05) is 6.54 Å². The second-order valence-corrected chi connectivity index (χ2v) is 4.75. The summed E-state index contributed by atoms with van der Waals surface area (Å²) >= 11 is 0. The lowest BCUT2D eigenvalue weighted by molar-refractivity contribution is -0.126. The molecule has 1 fully saturated rings. The third-order valence-electron chi connectivity index (χ3n) is 2.88. The summed E-state index contributed by atoms with van der Waals surface area (Å²) in [6.07, 6.45) is 0.278. The highest BCUT2D eigenvalue weighted by atomic mass is 16.3. The zero-order valence-corrected chi connectivity index (χ0v) is 9.53. The molecule has 0 saturated carbocycles. The van der Waals surface area contributed by atoms with Crippen molar-refractivity contribution in [2.24, 2.45) is 5.92 Å². The summed E-state index contributed by atoms with van der Waals surface area (Å²) in [5, 5.41) is 9.56. The van der Waals surface area contributed by atoms with Crippen LogP contribution in [0.3, 0.4) is 0 Å². The van der Waals surface area contributed by atoms with Crippen molar-refractivity contribution in [1.82, 2.24) is 4.90 Å². The number of likely N-dealkylation sites (tertiary alicyclic amines) is 1. The number of nitrogens with zero attached hydrogens (tertiary/aromatic N) is 1. The zero-order chi connectivity index (χ0) is 10.9. The van der Waals surface area contributed by atoms with E-state index >= 15 is 0 Å². The molecule has 3 heteroatoms. The van der Waals surface area contributed by atoms with Crippen molar-refractivity contribution in [3.8, 4) is 0 Å². The van der Waals surface area contributed by atoms with Gasteiger partial charge in [-0.05, 0) is 20.3 Å². The largest absolute Gasteiger partial charge is 0.392 e. The lowest BCUT2D eigenvalue weighted by Gasteiger charge is -2.27. The first-order valence-corrected chi connectivity index (χ1v) is 5.41. The molecular weight excluding hydrogens is 178 g/mol. The van der Waals surface area contributed by atoms with E-state index in [1.54, 1.807) is 0 Å². The summed E-state index contributed by atoms with van der Waals surface area (Å²) in [6, 6.07) is 0.268. The Morgan fingerprint density at radius 2 is 1.93 bits per heavy atom. The van der Waals surface area contributed by atoms with Crippen LogP contribution in [0.2, 0.25) is 0 Å². The standard InChI is InChI=1S/C11H21NO2/c1-7(2)11(14)10-5-9(13)6-12(10)8(3)4/h7-10,13H,5-6H2,1-4H3. The highest BCUT2D eigenvalue weighted by molar-refractivity contribution is 5.86. The summed E-state index contributed by atoms with van der Waals surface area (Å²) in [6.45, 7) is 8.62. The second kappa shape index (κ2) is 4.41. The summed E-state index contributed by atoms with van der Waals surface area (Å²) in [5.41, 5.74) is 0. The molecule has 2 atom stereocenters. The van der Waals surface area contributed by atoms with Crippen molar-refractivity contribution in [2.45, 2.75) is 52.3 Å². The van der Waals surface area contributed by atoms with E-state index in [1.807, 2.05) is 13.8 Å². The van der Waals surface area contributed by atoms with Crippen LogP contribution >= 0.6 is 0 Å². The van der Waals surface area contributed by atoms with Crippen LogP contribution in [-0.4, -0.2) is 40.5 Å². The number of ketones is 1. The van der Waals surface area contributed by atoms with Crippen molar-refractivity contribution >= 4 is 5.78 Å². The minimum atomic E-state index is -0.329. The fraction of sp³-hybridized carbons (Fsp3) is 0.909. The minimum absolute atomic E-state index is 0.0616. The van der Waals surface area contributed by atoms with Gasteiger partial charge in [-0.3, -0.25) is 9.69 Å². The van der Waals surface area contributed by atoms with Gasteiger partial charge in [-0.15, -0.1) is 0 Å². The molecule has 1 heterocycles. The van der Waals surface area contributed by atoms with Gasteiger partial charge in [0.1, 0.15) is 0 Å². The van der Waals surface area contributed by atoms with E-state index in [-0.39, 0.29) is 23.8 Å². The van der Waals surface area contributed by atoms with Crippen LogP contribution in [0.4, 0.5) is 0 Å². The number of aliphatic hydroxyl groups excluding tert-OH is 1. The maximum Gasteiger partial charge on any atom is 0.152 e. The highest BCUT2D eigenvalue weighted by Gasteiger charge is 2.37. The second-order valence-electron chi connectivity index (χ2n) is 4.75. The number of rotatable bonds is 3. The van der Waals surface area contributed by atoms with Gasteiger partial charge in [-0.25, -0.2) is 0 Å². The van der Waals surface area contributed by atoms with Gasteiger partial charge in [0, 0.05) is 18.5 Å². The van der Waals surface area contributed by atoms with Crippen molar-refractivity contribution in [3.63, 3.8) is 0 Å². The minimum Gasteiger partial charge on any atom is -0.392 e. The molecule has 0 aliphatic carbocycles. The smallest absolute Gasteiger partial charge is 0.152 e. The van der Waals surface area contributed by atoms with Crippen LogP contribution in [0.15, 0.2) is 0 Å². The molecule has 0 spiro atoms. The highest BCUT2D eigenvalue weighted by Crippen LogP contribution is 2.23. The van der Waals surface area contributed by atoms with Crippen molar-refractivity contribution in [3.05, 3.63) is 0 Å². The summed E-state index contributed by atoms with van der Waals surface area (Å²) in [7, 11) is 0. The maximum absolute atomic E-state index is 11.9. The lowest BCUT2D eigenvalue weighted by atomic mass is 9.99. The summed E-state index contributed by atoms with van der Waals surface area (Å²) in [5.74, 6) is 0.321. The molecule has 0 aromatic rings. The van der Waals surface area contributed by atoms with Gasteiger partial charge in [0.25, 0.3) is 0 Å².